The summed E-state index contributed by atoms with van der Waals surface area (Å²) in [6.07, 6.45) is 6.56. The first kappa shape index (κ1) is 12.0. The first-order valence-electron chi connectivity index (χ1n) is 6.69. The molecule has 2 heterocycles. The normalized spacial score (nSPS) is 14.0. The van der Waals surface area contributed by atoms with Crippen LogP contribution in [0.3, 0.4) is 0 Å². The van der Waals surface area contributed by atoms with Gasteiger partial charge in [0.05, 0.1) is 0 Å². The van der Waals surface area contributed by atoms with Crippen molar-refractivity contribution >= 4 is 0 Å². The summed E-state index contributed by atoms with van der Waals surface area (Å²) < 4.78 is 2.22. The lowest BCUT2D eigenvalue weighted by molar-refractivity contribution is 0.610. The minimum Gasteiger partial charge on any atom is -0.334 e. The highest BCUT2D eigenvalue weighted by Crippen LogP contribution is 2.30. The van der Waals surface area contributed by atoms with Crippen LogP contribution in [0.5, 0.6) is 0 Å². The van der Waals surface area contributed by atoms with Crippen molar-refractivity contribution in [1.29, 1.82) is 0 Å². The molecule has 0 unspecified atom stereocenters. The van der Waals surface area contributed by atoms with Crippen molar-refractivity contribution in [3.05, 3.63) is 47.3 Å². The van der Waals surface area contributed by atoms with Gasteiger partial charge in [0.15, 0.2) is 0 Å². The first-order valence-corrected chi connectivity index (χ1v) is 6.69. The second kappa shape index (κ2) is 4.89. The van der Waals surface area contributed by atoms with Gasteiger partial charge in [0, 0.05) is 30.2 Å². The van der Waals surface area contributed by atoms with Gasteiger partial charge in [0.2, 0.25) is 0 Å². The van der Waals surface area contributed by atoms with E-state index in [2.05, 4.69) is 32.6 Å². The lowest BCUT2D eigenvalue weighted by Crippen LogP contribution is -2.00. The van der Waals surface area contributed by atoms with Gasteiger partial charge >= 0.3 is 0 Å². The van der Waals surface area contributed by atoms with Crippen molar-refractivity contribution < 1.29 is 0 Å². The Morgan fingerprint density at radius 1 is 1.32 bits per heavy atom. The summed E-state index contributed by atoms with van der Waals surface area (Å²) in [6.45, 7) is 5.11. The molecule has 0 radical (unpaired) electrons. The largest absolute Gasteiger partial charge is 0.334 e. The minimum atomic E-state index is 0.854. The summed E-state index contributed by atoms with van der Waals surface area (Å²) in [5, 5.41) is 0. The number of aryl methyl sites for hydroxylation is 2. The van der Waals surface area contributed by atoms with E-state index in [9.17, 15) is 0 Å². The molecule has 0 saturated heterocycles. The average Bonchev–Trinajstić information content (AvgIpc) is 3.12. The summed E-state index contributed by atoms with van der Waals surface area (Å²) in [6, 6.07) is 3.91. The van der Waals surface area contributed by atoms with Crippen LogP contribution in [0.2, 0.25) is 0 Å². The fourth-order valence-electron chi connectivity index (χ4n) is 2.09. The molecule has 0 amide bonds. The van der Waals surface area contributed by atoms with Gasteiger partial charge in [-0.2, -0.15) is 0 Å². The molecular weight excluding hydrogens is 234 g/mol. The van der Waals surface area contributed by atoms with E-state index < -0.39 is 0 Å². The smallest absolute Gasteiger partial charge is 0.131 e. The van der Waals surface area contributed by atoms with Crippen molar-refractivity contribution in [1.82, 2.24) is 14.5 Å². The maximum absolute atomic E-state index is 4.50. The molecule has 19 heavy (non-hydrogen) atoms. The Hall–Kier alpha value is -2.08. The predicted octanol–water partition coefficient (Wildman–Crippen LogP) is 2.70. The highest BCUT2D eigenvalue weighted by molar-refractivity contribution is 5.39. The zero-order valence-corrected chi connectivity index (χ0v) is 11.3. The first-order chi connectivity index (χ1) is 9.20. The molecule has 0 bridgehead atoms. The quantitative estimate of drug-likeness (QED) is 0.768. The molecule has 0 aromatic carbocycles. The second-order valence-corrected chi connectivity index (χ2v) is 5.20. The monoisotopic (exact) mass is 251 g/mol. The SMILES string of the molecule is Cc1cc(C#Cc2cn(CC3CC3)c(C)n2)ccn1. The molecule has 0 spiro atoms. The summed E-state index contributed by atoms with van der Waals surface area (Å²) in [5.74, 6) is 8.19. The Morgan fingerprint density at radius 2 is 2.16 bits per heavy atom. The molecule has 3 heteroatoms. The topological polar surface area (TPSA) is 30.7 Å². The predicted molar refractivity (Wildman–Crippen MR) is 74.6 cm³/mol. The van der Waals surface area contributed by atoms with E-state index in [1.807, 2.05) is 26.0 Å². The average molecular weight is 251 g/mol. The van der Waals surface area contributed by atoms with Crippen LogP contribution in [0.4, 0.5) is 0 Å². The lowest BCUT2D eigenvalue weighted by Gasteiger charge is -2.00. The van der Waals surface area contributed by atoms with Gasteiger partial charge in [-0.05, 0) is 50.7 Å². The maximum Gasteiger partial charge on any atom is 0.131 e. The summed E-state index contributed by atoms with van der Waals surface area (Å²) in [5.41, 5.74) is 2.83. The fourth-order valence-corrected chi connectivity index (χ4v) is 2.09. The number of aromatic nitrogens is 3. The molecular formula is C16H17N3. The van der Waals surface area contributed by atoms with Crippen LogP contribution in [-0.4, -0.2) is 14.5 Å². The third kappa shape index (κ3) is 3.03. The Kier molecular flexibility index (Phi) is 3.08. The molecule has 1 aliphatic carbocycles. The third-order valence-electron chi connectivity index (χ3n) is 3.36. The number of rotatable bonds is 2. The molecule has 3 rings (SSSR count). The van der Waals surface area contributed by atoms with Crippen LogP contribution in [0, 0.1) is 31.6 Å². The van der Waals surface area contributed by atoms with Crippen LogP contribution in [-0.2, 0) is 6.54 Å². The van der Waals surface area contributed by atoms with Gasteiger partial charge in [-0.25, -0.2) is 4.98 Å². The Balaban J connectivity index is 1.79. The van der Waals surface area contributed by atoms with Gasteiger partial charge in [0.1, 0.15) is 11.5 Å². The van der Waals surface area contributed by atoms with E-state index in [0.717, 1.165) is 35.2 Å². The van der Waals surface area contributed by atoms with Gasteiger partial charge < -0.3 is 4.57 Å². The van der Waals surface area contributed by atoms with Gasteiger partial charge in [-0.15, -0.1) is 0 Å². The van der Waals surface area contributed by atoms with Gasteiger partial charge in [-0.3, -0.25) is 4.98 Å². The van der Waals surface area contributed by atoms with Gasteiger partial charge in [0.25, 0.3) is 0 Å². The summed E-state index contributed by atoms with van der Waals surface area (Å²) in [4.78, 5) is 8.67. The molecule has 96 valence electrons. The number of hydrogen-bond acceptors (Lipinski definition) is 2. The Bertz CT molecular complexity index is 654. The van der Waals surface area contributed by atoms with E-state index in [0.29, 0.717) is 0 Å². The highest BCUT2D eigenvalue weighted by Gasteiger charge is 2.22. The van der Waals surface area contributed by atoms with Crippen LogP contribution in [0.25, 0.3) is 0 Å². The second-order valence-electron chi connectivity index (χ2n) is 5.20. The number of hydrogen-bond donors (Lipinski definition) is 0. The van der Waals surface area contributed by atoms with Crippen LogP contribution >= 0.6 is 0 Å². The van der Waals surface area contributed by atoms with Crippen molar-refractivity contribution in [2.24, 2.45) is 5.92 Å². The third-order valence-corrected chi connectivity index (χ3v) is 3.36. The van der Waals surface area contributed by atoms with Crippen LogP contribution < -0.4 is 0 Å². The summed E-state index contributed by atoms with van der Waals surface area (Å²) in [7, 11) is 0. The Morgan fingerprint density at radius 3 is 2.89 bits per heavy atom. The zero-order valence-electron chi connectivity index (χ0n) is 11.3. The lowest BCUT2D eigenvalue weighted by atomic mass is 10.2. The van der Waals surface area contributed by atoms with E-state index in [1.165, 1.54) is 12.8 Å². The van der Waals surface area contributed by atoms with E-state index in [-0.39, 0.29) is 0 Å². The maximum atomic E-state index is 4.50. The van der Waals surface area contributed by atoms with Crippen LogP contribution in [0.15, 0.2) is 24.5 Å². The van der Waals surface area contributed by atoms with Crippen molar-refractivity contribution in [3.8, 4) is 11.8 Å². The van der Waals surface area contributed by atoms with Crippen LogP contribution in [0.1, 0.15) is 35.6 Å². The number of nitrogens with zero attached hydrogens (tertiary/aromatic N) is 3. The fraction of sp³-hybridized carbons (Fsp3) is 0.375. The molecule has 3 nitrogen and oxygen atoms in total. The molecule has 0 aliphatic heterocycles. The highest BCUT2D eigenvalue weighted by atomic mass is 15.1. The van der Waals surface area contributed by atoms with Gasteiger partial charge in [-0.1, -0.05) is 5.92 Å². The number of imidazole rings is 1. The van der Waals surface area contributed by atoms with Crippen molar-refractivity contribution in [2.45, 2.75) is 33.2 Å². The van der Waals surface area contributed by atoms with E-state index in [1.54, 1.807) is 6.20 Å². The molecule has 1 saturated carbocycles. The molecule has 1 aliphatic rings. The summed E-state index contributed by atoms with van der Waals surface area (Å²) >= 11 is 0. The van der Waals surface area contributed by atoms with Crippen molar-refractivity contribution in [2.75, 3.05) is 0 Å². The zero-order chi connectivity index (χ0) is 13.2. The van der Waals surface area contributed by atoms with Crippen molar-refractivity contribution in [3.63, 3.8) is 0 Å². The van der Waals surface area contributed by atoms with E-state index >= 15 is 0 Å². The number of pyridine rings is 1. The Labute approximate surface area is 113 Å². The molecule has 0 N–H and O–H groups in total. The molecule has 2 aromatic rings. The standard InChI is InChI=1S/C16H17N3/c1-12-9-14(7-8-17-12)5-6-16-11-19(13(2)18-16)10-15-3-4-15/h7-9,11,15H,3-4,10H2,1-2H3. The molecule has 1 fully saturated rings. The minimum absolute atomic E-state index is 0.854. The molecule has 0 atom stereocenters. The van der Waals surface area contributed by atoms with E-state index in [4.69, 9.17) is 0 Å². The molecule has 2 aromatic heterocycles.